The molecule has 0 saturated carbocycles. The summed E-state index contributed by atoms with van der Waals surface area (Å²) in [6, 6.07) is 10.3. The van der Waals surface area contributed by atoms with Crippen molar-refractivity contribution < 1.29 is 5.11 Å². The Labute approximate surface area is 123 Å². The van der Waals surface area contributed by atoms with E-state index in [0.717, 1.165) is 37.9 Å². The summed E-state index contributed by atoms with van der Waals surface area (Å²) < 4.78 is 1.09. The minimum Gasteiger partial charge on any atom is -0.384 e. The second-order valence-electron chi connectivity index (χ2n) is 5.17. The number of benzene rings is 2. The Balaban J connectivity index is 2.56. The molecule has 1 N–H and O–H groups in total. The van der Waals surface area contributed by atoms with Gasteiger partial charge in [0.2, 0.25) is 0 Å². The van der Waals surface area contributed by atoms with Crippen molar-refractivity contribution in [1.82, 2.24) is 0 Å². The van der Waals surface area contributed by atoms with E-state index in [9.17, 15) is 5.11 Å². The van der Waals surface area contributed by atoms with Gasteiger partial charge in [0.15, 0.2) is 0 Å². The minimum atomic E-state index is -0.562. The predicted octanol–water partition coefficient (Wildman–Crippen LogP) is 4.76. The molecule has 2 rings (SSSR count). The molecule has 0 radical (unpaired) electrons. The van der Waals surface area contributed by atoms with Crippen LogP contribution in [0.3, 0.4) is 0 Å². The quantitative estimate of drug-likeness (QED) is 0.846. The molecule has 0 fully saturated rings. The maximum absolute atomic E-state index is 10.7. The molecule has 0 spiro atoms. The average Bonchev–Trinajstić information content (AvgIpc) is 2.33. The van der Waals surface area contributed by atoms with Crippen molar-refractivity contribution in [2.24, 2.45) is 0 Å². The van der Waals surface area contributed by atoms with Gasteiger partial charge in [-0.25, -0.2) is 0 Å². The van der Waals surface area contributed by atoms with Crippen molar-refractivity contribution in [3.63, 3.8) is 0 Å². The topological polar surface area (TPSA) is 20.2 Å². The van der Waals surface area contributed by atoms with Gasteiger partial charge in [-0.3, -0.25) is 0 Å². The first kappa shape index (κ1) is 14.3. The maximum atomic E-state index is 10.7. The number of halogens is 1. The number of hydrogen-bond donors (Lipinski definition) is 1. The van der Waals surface area contributed by atoms with Gasteiger partial charge in [0, 0.05) is 4.47 Å². The number of hydrogen-bond acceptors (Lipinski definition) is 1. The van der Waals surface area contributed by atoms with E-state index in [1.807, 2.05) is 45.9 Å². The molecule has 0 aliphatic heterocycles. The van der Waals surface area contributed by atoms with Crippen LogP contribution in [0.2, 0.25) is 0 Å². The standard InChI is InChI=1S/C17H19BrO/c1-10-6-5-7-11(2)16(10)17(19)14-8-13(4)15(18)9-12(14)3/h5-9,17,19H,1-4H3. The fourth-order valence-electron chi connectivity index (χ4n) is 2.51. The molecule has 0 aliphatic carbocycles. The molecular formula is C17H19BrO. The molecule has 0 aliphatic rings. The number of aryl methyl sites for hydroxylation is 4. The van der Waals surface area contributed by atoms with E-state index >= 15 is 0 Å². The molecule has 2 aromatic carbocycles. The van der Waals surface area contributed by atoms with Gasteiger partial charge in [-0.1, -0.05) is 40.2 Å². The molecule has 2 heteroatoms. The Hall–Kier alpha value is -1.12. The van der Waals surface area contributed by atoms with Gasteiger partial charge in [0.1, 0.15) is 6.10 Å². The zero-order valence-electron chi connectivity index (χ0n) is 11.8. The molecule has 0 heterocycles. The number of rotatable bonds is 2. The van der Waals surface area contributed by atoms with E-state index in [1.54, 1.807) is 0 Å². The molecule has 0 saturated heterocycles. The van der Waals surface area contributed by atoms with Crippen molar-refractivity contribution in [2.45, 2.75) is 33.8 Å². The summed E-state index contributed by atoms with van der Waals surface area (Å²) >= 11 is 3.53. The van der Waals surface area contributed by atoms with E-state index in [0.29, 0.717) is 0 Å². The molecule has 2 aromatic rings. The largest absolute Gasteiger partial charge is 0.384 e. The van der Waals surface area contributed by atoms with Crippen LogP contribution in [0.1, 0.15) is 39.5 Å². The zero-order chi connectivity index (χ0) is 14.2. The summed E-state index contributed by atoms with van der Waals surface area (Å²) in [7, 11) is 0. The summed E-state index contributed by atoms with van der Waals surface area (Å²) in [5.74, 6) is 0. The predicted molar refractivity (Wildman–Crippen MR) is 83.6 cm³/mol. The lowest BCUT2D eigenvalue weighted by Gasteiger charge is -2.19. The lowest BCUT2D eigenvalue weighted by atomic mass is 9.90. The molecule has 19 heavy (non-hydrogen) atoms. The van der Waals surface area contributed by atoms with Crippen LogP contribution in [0.4, 0.5) is 0 Å². The highest BCUT2D eigenvalue weighted by Crippen LogP contribution is 2.32. The van der Waals surface area contributed by atoms with Crippen LogP contribution >= 0.6 is 15.9 Å². The highest BCUT2D eigenvalue weighted by atomic mass is 79.9. The van der Waals surface area contributed by atoms with E-state index in [1.165, 1.54) is 0 Å². The van der Waals surface area contributed by atoms with Crippen molar-refractivity contribution in [1.29, 1.82) is 0 Å². The maximum Gasteiger partial charge on any atom is 0.105 e. The van der Waals surface area contributed by atoms with Crippen molar-refractivity contribution in [3.8, 4) is 0 Å². The molecule has 0 amide bonds. The Morgan fingerprint density at radius 3 is 2.05 bits per heavy atom. The van der Waals surface area contributed by atoms with Crippen molar-refractivity contribution in [2.75, 3.05) is 0 Å². The normalized spacial score (nSPS) is 12.5. The molecule has 1 atom stereocenters. The number of aliphatic hydroxyl groups is 1. The van der Waals surface area contributed by atoms with Crippen LogP contribution in [-0.4, -0.2) is 5.11 Å². The Morgan fingerprint density at radius 2 is 1.47 bits per heavy atom. The third-order valence-electron chi connectivity index (χ3n) is 3.66. The monoisotopic (exact) mass is 318 g/mol. The molecule has 0 bridgehead atoms. The van der Waals surface area contributed by atoms with Gasteiger partial charge in [-0.2, -0.15) is 0 Å². The van der Waals surface area contributed by atoms with Gasteiger partial charge >= 0.3 is 0 Å². The highest BCUT2D eigenvalue weighted by Gasteiger charge is 2.17. The Morgan fingerprint density at radius 1 is 0.895 bits per heavy atom. The first-order valence-corrected chi connectivity index (χ1v) is 7.22. The lowest BCUT2D eigenvalue weighted by Crippen LogP contribution is -2.06. The fourth-order valence-corrected chi connectivity index (χ4v) is 2.97. The van der Waals surface area contributed by atoms with E-state index in [-0.39, 0.29) is 0 Å². The van der Waals surface area contributed by atoms with Crippen LogP contribution in [0.25, 0.3) is 0 Å². The van der Waals surface area contributed by atoms with Gasteiger partial charge in [-0.15, -0.1) is 0 Å². The Kier molecular flexibility index (Phi) is 4.12. The van der Waals surface area contributed by atoms with Crippen LogP contribution < -0.4 is 0 Å². The minimum absolute atomic E-state index is 0.562. The van der Waals surface area contributed by atoms with Crippen molar-refractivity contribution in [3.05, 3.63) is 68.2 Å². The molecule has 1 nitrogen and oxygen atoms in total. The second-order valence-corrected chi connectivity index (χ2v) is 6.02. The summed E-state index contributed by atoms with van der Waals surface area (Å²) in [4.78, 5) is 0. The summed E-state index contributed by atoms with van der Waals surface area (Å²) in [6.45, 7) is 8.18. The molecular weight excluding hydrogens is 300 g/mol. The lowest BCUT2D eigenvalue weighted by molar-refractivity contribution is 0.218. The molecule has 100 valence electrons. The fraction of sp³-hybridized carbons (Fsp3) is 0.294. The summed E-state index contributed by atoms with van der Waals surface area (Å²) in [5, 5.41) is 10.7. The zero-order valence-corrected chi connectivity index (χ0v) is 13.4. The molecule has 0 aromatic heterocycles. The smallest absolute Gasteiger partial charge is 0.105 e. The average molecular weight is 319 g/mol. The second kappa shape index (κ2) is 5.48. The van der Waals surface area contributed by atoms with Gasteiger partial charge in [0.05, 0.1) is 0 Å². The van der Waals surface area contributed by atoms with Gasteiger partial charge in [-0.05, 0) is 67.1 Å². The van der Waals surface area contributed by atoms with E-state index in [2.05, 4.69) is 28.1 Å². The third-order valence-corrected chi connectivity index (χ3v) is 4.51. The van der Waals surface area contributed by atoms with E-state index in [4.69, 9.17) is 0 Å². The van der Waals surface area contributed by atoms with Gasteiger partial charge < -0.3 is 5.11 Å². The highest BCUT2D eigenvalue weighted by molar-refractivity contribution is 9.10. The first-order valence-electron chi connectivity index (χ1n) is 6.42. The summed E-state index contributed by atoms with van der Waals surface area (Å²) in [6.07, 6.45) is -0.562. The van der Waals surface area contributed by atoms with Crippen molar-refractivity contribution >= 4 is 15.9 Å². The Bertz CT molecular complexity index is 597. The van der Waals surface area contributed by atoms with Crippen LogP contribution in [0.5, 0.6) is 0 Å². The van der Waals surface area contributed by atoms with E-state index < -0.39 is 6.10 Å². The summed E-state index contributed by atoms with van der Waals surface area (Å²) in [5.41, 5.74) is 6.52. The number of aliphatic hydroxyl groups excluding tert-OH is 1. The SMILES string of the molecule is Cc1cc(C(O)c2c(C)cccc2C)c(C)cc1Br. The molecule has 1 unspecified atom stereocenters. The third kappa shape index (κ3) is 2.75. The van der Waals surface area contributed by atoms with Crippen LogP contribution in [0.15, 0.2) is 34.8 Å². The first-order chi connectivity index (χ1) is 8.91. The van der Waals surface area contributed by atoms with Crippen LogP contribution in [0, 0.1) is 27.7 Å². The van der Waals surface area contributed by atoms with Gasteiger partial charge in [0.25, 0.3) is 0 Å². The van der Waals surface area contributed by atoms with Crippen LogP contribution in [-0.2, 0) is 0 Å².